The average molecular weight is 281 g/mol. The summed E-state index contributed by atoms with van der Waals surface area (Å²) in [5.74, 6) is 0.519. The summed E-state index contributed by atoms with van der Waals surface area (Å²) in [5, 5.41) is 6.54. The van der Waals surface area contributed by atoms with E-state index in [4.69, 9.17) is 11.6 Å². The first kappa shape index (κ1) is 11.5. The minimum atomic E-state index is -1.56. The number of oxime groups is 1. The second-order valence-corrected chi connectivity index (χ2v) is 5.15. The van der Waals surface area contributed by atoms with Crippen molar-refractivity contribution in [1.82, 2.24) is 4.72 Å². The topological polar surface area (TPSA) is 50.7 Å². The van der Waals surface area contributed by atoms with Gasteiger partial charge in [-0.15, -0.1) is 0 Å². The third kappa shape index (κ3) is 2.19. The lowest BCUT2D eigenvalue weighted by molar-refractivity contribution is 0.384. The van der Waals surface area contributed by atoms with Crippen LogP contribution in [-0.4, -0.2) is 10.0 Å². The Morgan fingerprint density at radius 1 is 1.28 bits per heavy atom. The molecule has 1 heterocycles. The molecule has 0 bridgehead atoms. The predicted octanol–water partition coefficient (Wildman–Crippen LogP) is 2.55. The molecule has 0 saturated carbocycles. The van der Waals surface area contributed by atoms with Crippen molar-refractivity contribution >= 4 is 39.5 Å². The van der Waals surface area contributed by atoms with Crippen LogP contribution in [-0.2, 0) is 22.0 Å². The zero-order valence-corrected chi connectivity index (χ0v) is 10.8. The Hall–Kier alpha value is -1.59. The van der Waals surface area contributed by atoms with E-state index in [1.54, 1.807) is 0 Å². The van der Waals surface area contributed by atoms with Crippen LogP contribution in [0.25, 0.3) is 10.8 Å². The highest BCUT2D eigenvalue weighted by Crippen LogP contribution is 2.24. The monoisotopic (exact) mass is 280 g/mol. The molecular weight excluding hydrogens is 272 g/mol. The molecule has 0 fully saturated rings. The molecule has 0 aliphatic carbocycles. The van der Waals surface area contributed by atoms with Crippen LogP contribution < -0.4 is 4.72 Å². The number of halogens is 1. The number of hydrogen-bond acceptors (Lipinski definition) is 3. The molecule has 1 N–H and O–H groups in total. The maximum absolute atomic E-state index is 11.0. The lowest BCUT2D eigenvalue weighted by atomic mass is 10.0. The van der Waals surface area contributed by atoms with E-state index in [1.807, 2.05) is 36.4 Å². The van der Waals surface area contributed by atoms with E-state index in [2.05, 4.69) is 14.2 Å². The van der Waals surface area contributed by atoms with Crippen LogP contribution in [0.2, 0.25) is 5.02 Å². The molecule has 0 aromatic heterocycles. The summed E-state index contributed by atoms with van der Waals surface area (Å²) in [7, 11) is 0. The summed E-state index contributed by atoms with van der Waals surface area (Å²) in [6.45, 7) is 0. The molecule has 18 heavy (non-hydrogen) atoms. The summed E-state index contributed by atoms with van der Waals surface area (Å²) < 4.78 is 18.2. The van der Waals surface area contributed by atoms with Crippen LogP contribution in [0.3, 0.4) is 0 Å². The fourth-order valence-electron chi connectivity index (χ4n) is 1.86. The number of benzene rings is 2. The lowest BCUT2D eigenvalue weighted by Crippen LogP contribution is -2.21. The standard InChI is InChI=1S/C12H9ClN2O2S/c13-11-6-9-4-2-1-3-8(9)5-10(11)7-12-14-17-18(16)15-12/h1-6H,7H2,(H,14,15). The van der Waals surface area contributed by atoms with Gasteiger partial charge < -0.3 is 0 Å². The van der Waals surface area contributed by atoms with Crippen molar-refractivity contribution in [2.45, 2.75) is 6.42 Å². The van der Waals surface area contributed by atoms with E-state index in [0.29, 0.717) is 17.3 Å². The number of hydrogen-bond donors (Lipinski definition) is 1. The molecule has 1 unspecified atom stereocenters. The van der Waals surface area contributed by atoms with Crippen LogP contribution in [0, 0.1) is 0 Å². The molecule has 0 amide bonds. The van der Waals surface area contributed by atoms with Crippen LogP contribution in [0.1, 0.15) is 5.56 Å². The summed E-state index contributed by atoms with van der Waals surface area (Å²) >= 11 is 4.66. The van der Waals surface area contributed by atoms with Crippen molar-refractivity contribution < 1.29 is 8.49 Å². The van der Waals surface area contributed by atoms with Gasteiger partial charge >= 0.3 is 11.3 Å². The Labute approximate surface area is 111 Å². The second-order valence-electron chi connectivity index (χ2n) is 3.92. The number of nitrogens with zero attached hydrogens (tertiary/aromatic N) is 1. The van der Waals surface area contributed by atoms with Gasteiger partial charge in [0.25, 0.3) is 0 Å². The Morgan fingerprint density at radius 2 is 2.00 bits per heavy atom. The molecule has 1 aliphatic rings. The largest absolute Gasteiger partial charge is 0.338 e. The van der Waals surface area contributed by atoms with Gasteiger partial charge in [0.1, 0.15) is 0 Å². The van der Waals surface area contributed by atoms with Gasteiger partial charge in [0, 0.05) is 11.4 Å². The van der Waals surface area contributed by atoms with E-state index in [0.717, 1.165) is 16.3 Å². The van der Waals surface area contributed by atoms with Crippen molar-refractivity contribution in [3.63, 3.8) is 0 Å². The van der Waals surface area contributed by atoms with Crippen LogP contribution >= 0.6 is 11.6 Å². The maximum atomic E-state index is 11.0. The Morgan fingerprint density at radius 3 is 2.67 bits per heavy atom. The fraction of sp³-hybridized carbons (Fsp3) is 0.0833. The fourth-order valence-corrected chi connectivity index (χ4v) is 2.59. The summed E-state index contributed by atoms with van der Waals surface area (Å²) in [6, 6.07) is 11.9. The third-order valence-corrected chi connectivity index (χ3v) is 3.65. The lowest BCUT2D eigenvalue weighted by Gasteiger charge is -2.05. The molecular formula is C12H9ClN2O2S. The van der Waals surface area contributed by atoms with Gasteiger partial charge in [0.2, 0.25) is 0 Å². The van der Waals surface area contributed by atoms with E-state index in [-0.39, 0.29) is 0 Å². The molecule has 1 aliphatic heterocycles. The van der Waals surface area contributed by atoms with Gasteiger partial charge in [0.15, 0.2) is 5.84 Å². The number of rotatable bonds is 2. The Balaban J connectivity index is 1.96. The van der Waals surface area contributed by atoms with Gasteiger partial charge in [-0.25, -0.2) is 0 Å². The summed E-state index contributed by atoms with van der Waals surface area (Å²) in [4.78, 5) is 0. The molecule has 1 atom stereocenters. The van der Waals surface area contributed by atoms with Gasteiger partial charge in [-0.1, -0.05) is 41.0 Å². The minimum absolute atomic E-state index is 0.468. The van der Waals surface area contributed by atoms with Crippen LogP contribution in [0.4, 0.5) is 0 Å². The average Bonchev–Trinajstić information content (AvgIpc) is 2.76. The van der Waals surface area contributed by atoms with E-state index < -0.39 is 11.3 Å². The highest BCUT2D eigenvalue weighted by atomic mass is 35.5. The predicted molar refractivity (Wildman–Crippen MR) is 72.5 cm³/mol. The van der Waals surface area contributed by atoms with Crippen molar-refractivity contribution in [2.24, 2.45) is 5.16 Å². The van der Waals surface area contributed by atoms with Crippen molar-refractivity contribution in [2.75, 3.05) is 0 Å². The smallest absolute Gasteiger partial charge is 0.269 e. The van der Waals surface area contributed by atoms with E-state index in [9.17, 15) is 4.21 Å². The maximum Gasteiger partial charge on any atom is 0.338 e. The third-order valence-electron chi connectivity index (χ3n) is 2.69. The highest BCUT2D eigenvalue weighted by Gasteiger charge is 2.16. The highest BCUT2D eigenvalue weighted by molar-refractivity contribution is 7.79. The first-order valence-electron chi connectivity index (χ1n) is 5.32. The second kappa shape index (κ2) is 4.59. The number of amidine groups is 1. The van der Waals surface area contributed by atoms with Crippen molar-refractivity contribution in [3.8, 4) is 0 Å². The first-order chi connectivity index (χ1) is 8.72. The molecule has 3 rings (SSSR count). The number of fused-ring (bicyclic) bond motifs is 1. The van der Waals surface area contributed by atoms with E-state index >= 15 is 0 Å². The van der Waals surface area contributed by atoms with Crippen LogP contribution in [0.5, 0.6) is 0 Å². The SMILES string of the molecule is O=S1NC(Cc2cc3ccccc3cc2Cl)=NO1. The Bertz CT molecular complexity index is 672. The van der Waals surface area contributed by atoms with Gasteiger partial charge in [-0.2, -0.15) is 4.21 Å². The van der Waals surface area contributed by atoms with E-state index in [1.165, 1.54) is 0 Å². The molecule has 4 nitrogen and oxygen atoms in total. The molecule has 92 valence electrons. The van der Waals surface area contributed by atoms with Gasteiger partial charge in [0.05, 0.1) is 0 Å². The van der Waals surface area contributed by atoms with Crippen molar-refractivity contribution in [3.05, 3.63) is 47.0 Å². The first-order valence-corrected chi connectivity index (χ1v) is 6.77. The normalized spacial score (nSPS) is 18.3. The quantitative estimate of drug-likeness (QED) is 0.919. The number of nitrogens with one attached hydrogen (secondary N) is 1. The molecule has 2 aromatic rings. The van der Waals surface area contributed by atoms with Gasteiger partial charge in [-0.05, 0) is 28.5 Å². The summed E-state index contributed by atoms with van der Waals surface area (Å²) in [6.07, 6.45) is 0.468. The van der Waals surface area contributed by atoms with Crippen molar-refractivity contribution in [1.29, 1.82) is 0 Å². The zero-order valence-electron chi connectivity index (χ0n) is 9.22. The molecule has 0 spiro atoms. The minimum Gasteiger partial charge on any atom is -0.269 e. The van der Waals surface area contributed by atoms with Crippen LogP contribution in [0.15, 0.2) is 41.6 Å². The molecule has 2 aromatic carbocycles. The zero-order chi connectivity index (χ0) is 12.5. The molecule has 0 saturated heterocycles. The molecule has 6 heteroatoms. The Kier molecular flexibility index (Phi) is 2.93. The van der Waals surface area contributed by atoms with Gasteiger partial charge in [-0.3, -0.25) is 9.01 Å². The molecule has 0 radical (unpaired) electrons. The summed E-state index contributed by atoms with van der Waals surface area (Å²) in [5.41, 5.74) is 0.920.